The van der Waals surface area contributed by atoms with Gasteiger partial charge in [-0.15, -0.1) is 0 Å². The molecule has 1 aromatic carbocycles. The molecule has 1 aliphatic rings. The first-order valence-electron chi connectivity index (χ1n) is 6.40. The molecule has 0 saturated carbocycles. The molecule has 2 atom stereocenters. The van der Waals surface area contributed by atoms with E-state index in [1.54, 1.807) is 24.3 Å². The molecule has 2 amide bonds. The lowest BCUT2D eigenvalue weighted by Crippen LogP contribution is -2.44. The van der Waals surface area contributed by atoms with Gasteiger partial charge in [0, 0.05) is 13.1 Å². The maximum atomic E-state index is 12.1. The van der Waals surface area contributed by atoms with Crippen LogP contribution in [0.3, 0.4) is 0 Å². The predicted octanol–water partition coefficient (Wildman–Crippen LogP) is 2.90. The molecule has 0 aliphatic carbocycles. The van der Waals surface area contributed by atoms with E-state index in [1.165, 1.54) is 6.42 Å². The van der Waals surface area contributed by atoms with Gasteiger partial charge in [-0.2, -0.15) is 0 Å². The highest BCUT2D eigenvalue weighted by molar-refractivity contribution is 5.90. The smallest absolute Gasteiger partial charge is 0.321 e. The van der Waals surface area contributed by atoms with Crippen molar-refractivity contribution >= 4 is 11.7 Å². The van der Waals surface area contributed by atoms with Gasteiger partial charge in [0.1, 0.15) is 5.75 Å². The molecule has 18 heavy (non-hydrogen) atoms. The molecule has 2 N–H and O–H groups in total. The number of hydrogen-bond acceptors (Lipinski definition) is 2. The zero-order valence-electron chi connectivity index (χ0n) is 10.9. The number of nitrogens with zero attached hydrogens (tertiary/aromatic N) is 1. The lowest BCUT2D eigenvalue weighted by atomic mass is 9.92. The summed E-state index contributed by atoms with van der Waals surface area (Å²) in [6.45, 7) is 5.89. The van der Waals surface area contributed by atoms with Crippen LogP contribution in [0.5, 0.6) is 5.75 Å². The van der Waals surface area contributed by atoms with Gasteiger partial charge in [0.15, 0.2) is 0 Å². The summed E-state index contributed by atoms with van der Waals surface area (Å²) in [7, 11) is 0. The second-order valence-corrected chi connectivity index (χ2v) is 5.30. The van der Waals surface area contributed by atoms with Gasteiger partial charge in [-0.1, -0.05) is 26.0 Å². The number of anilines is 1. The minimum Gasteiger partial charge on any atom is -0.506 e. The maximum Gasteiger partial charge on any atom is 0.321 e. The van der Waals surface area contributed by atoms with E-state index in [9.17, 15) is 9.90 Å². The molecule has 4 heteroatoms. The number of carbonyl (C=O) groups is 1. The highest BCUT2D eigenvalue weighted by Gasteiger charge is 2.25. The Balaban J connectivity index is 2.02. The average molecular weight is 248 g/mol. The van der Waals surface area contributed by atoms with Gasteiger partial charge in [0.05, 0.1) is 5.69 Å². The molecule has 1 fully saturated rings. The number of phenolic OH excluding ortho intramolecular Hbond substituents is 1. The van der Waals surface area contributed by atoms with Gasteiger partial charge in [0.25, 0.3) is 0 Å². The van der Waals surface area contributed by atoms with Crippen molar-refractivity contribution in [2.24, 2.45) is 11.8 Å². The van der Waals surface area contributed by atoms with Crippen LogP contribution in [-0.2, 0) is 0 Å². The SMILES string of the molecule is CC1CC(C)CN(C(=O)Nc2ccccc2O)C1. The molecule has 0 aromatic heterocycles. The number of aromatic hydroxyl groups is 1. The Bertz CT molecular complexity index is 424. The zero-order chi connectivity index (χ0) is 13.1. The summed E-state index contributed by atoms with van der Waals surface area (Å²) in [5.74, 6) is 1.16. The fraction of sp³-hybridized carbons (Fsp3) is 0.500. The van der Waals surface area contributed by atoms with Gasteiger partial charge in [0.2, 0.25) is 0 Å². The Morgan fingerprint density at radius 2 is 1.89 bits per heavy atom. The summed E-state index contributed by atoms with van der Waals surface area (Å²) in [6.07, 6.45) is 1.17. The second-order valence-electron chi connectivity index (χ2n) is 5.30. The summed E-state index contributed by atoms with van der Waals surface area (Å²) in [5, 5.41) is 12.4. The lowest BCUT2D eigenvalue weighted by molar-refractivity contribution is 0.156. The zero-order valence-corrected chi connectivity index (χ0v) is 10.9. The third-order valence-electron chi connectivity index (χ3n) is 3.30. The van der Waals surface area contributed by atoms with E-state index >= 15 is 0 Å². The van der Waals surface area contributed by atoms with Crippen LogP contribution in [0.4, 0.5) is 10.5 Å². The van der Waals surface area contributed by atoms with Gasteiger partial charge in [-0.25, -0.2) is 4.79 Å². The van der Waals surface area contributed by atoms with Gasteiger partial charge in [-0.3, -0.25) is 0 Å². The standard InChI is InChI=1S/C14H20N2O2/c1-10-7-11(2)9-16(8-10)14(18)15-12-5-3-4-6-13(12)17/h3-6,10-11,17H,7-9H2,1-2H3,(H,15,18). The van der Waals surface area contributed by atoms with Crippen molar-refractivity contribution in [2.45, 2.75) is 20.3 Å². The predicted molar refractivity (Wildman–Crippen MR) is 71.6 cm³/mol. The number of nitrogens with one attached hydrogen (secondary N) is 1. The average Bonchev–Trinajstić information content (AvgIpc) is 2.31. The van der Waals surface area contributed by atoms with Crippen molar-refractivity contribution in [3.63, 3.8) is 0 Å². The van der Waals surface area contributed by atoms with Crippen molar-refractivity contribution in [1.29, 1.82) is 0 Å². The van der Waals surface area contributed by atoms with Crippen molar-refractivity contribution in [3.05, 3.63) is 24.3 Å². The molecule has 1 aliphatic heterocycles. The number of carbonyl (C=O) groups excluding carboxylic acids is 1. The van der Waals surface area contributed by atoms with E-state index in [4.69, 9.17) is 0 Å². The molecule has 2 rings (SSSR count). The van der Waals surface area contributed by atoms with Crippen LogP contribution in [0, 0.1) is 11.8 Å². The van der Waals surface area contributed by atoms with Crippen LogP contribution in [0.2, 0.25) is 0 Å². The third kappa shape index (κ3) is 2.94. The number of benzene rings is 1. The Labute approximate surface area is 108 Å². The van der Waals surface area contributed by atoms with Crippen LogP contribution >= 0.6 is 0 Å². The number of phenols is 1. The first-order valence-corrected chi connectivity index (χ1v) is 6.40. The van der Waals surface area contributed by atoms with Crippen molar-refractivity contribution in [2.75, 3.05) is 18.4 Å². The molecular weight excluding hydrogens is 228 g/mol. The summed E-state index contributed by atoms with van der Waals surface area (Å²) in [4.78, 5) is 13.9. The van der Waals surface area contributed by atoms with E-state index < -0.39 is 0 Å². The van der Waals surface area contributed by atoms with E-state index in [1.807, 2.05) is 4.90 Å². The largest absolute Gasteiger partial charge is 0.506 e. The summed E-state index contributed by atoms with van der Waals surface area (Å²) in [6, 6.07) is 6.66. The number of urea groups is 1. The van der Waals surface area contributed by atoms with Gasteiger partial charge < -0.3 is 15.3 Å². The van der Waals surface area contributed by atoms with Gasteiger partial charge in [-0.05, 0) is 30.4 Å². The first-order chi connectivity index (χ1) is 8.56. The summed E-state index contributed by atoms with van der Waals surface area (Å²) < 4.78 is 0. The highest BCUT2D eigenvalue weighted by Crippen LogP contribution is 2.24. The number of amides is 2. The normalized spacial score (nSPS) is 23.8. The molecule has 1 heterocycles. The van der Waals surface area contributed by atoms with Crippen molar-refractivity contribution < 1.29 is 9.90 Å². The molecule has 1 saturated heterocycles. The minimum absolute atomic E-state index is 0.101. The summed E-state index contributed by atoms with van der Waals surface area (Å²) in [5.41, 5.74) is 0.466. The van der Waals surface area contributed by atoms with Crippen molar-refractivity contribution in [3.8, 4) is 5.75 Å². The maximum absolute atomic E-state index is 12.1. The van der Waals surface area contributed by atoms with E-state index in [2.05, 4.69) is 19.2 Å². The third-order valence-corrected chi connectivity index (χ3v) is 3.30. The van der Waals surface area contributed by atoms with Crippen molar-refractivity contribution in [1.82, 2.24) is 4.90 Å². The van der Waals surface area contributed by atoms with Crippen LogP contribution in [0.15, 0.2) is 24.3 Å². The molecule has 0 spiro atoms. The van der Waals surface area contributed by atoms with E-state index in [0.29, 0.717) is 17.5 Å². The quantitative estimate of drug-likeness (QED) is 0.751. The number of rotatable bonds is 1. The lowest BCUT2D eigenvalue weighted by Gasteiger charge is -2.34. The monoisotopic (exact) mass is 248 g/mol. The number of likely N-dealkylation sites (tertiary alicyclic amines) is 1. The number of para-hydroxylation sites is 2. The van der Waals surface area contributed by atoms with Crippen LogP contribution in [-0.4, -0.2) is 29.1 Å². The molecule has 1 aromatic rings. The molecule has 0 radical (unpaired) electrons. The number of hydrogen-bond donors (Lipinski definition) is 2. The molecular formula is C14H20N2O2. The van der Waals surface area contributed by atoms with Crippen LogP contribution < -0.4 is 5.32 Å². The van der Waals surface area contributed by atoms with Gasteiger partial charge >= 0.3 is 6.03 Å². The Morgan fingerprint density at radius 1 is 1.28 bits per heavy atom. The number of piperidine rings is 1. The van der Waals surface area contributed by atoms with E-state index in [0.717, 1.165) is 13.1 Å². The second kappa shape index (κ2) is 5.29. The first kappa shape index (κ1) is 12.7. The highest BCUT2D eigenvalue weighted by atomic mass is 16.3. The Kier molecular flexibility index (Phi) is 3.75. The summed E-state index contributed by atoms with van der Waals surface area (Å²) >= 11 is 0. The molecule has 98 valence electrons. The fourth-order valence-corrected chi connectivity index (χ4v) is 2.60. The van der Waals surface area contributed by atoms with Crippen LogP contribution in [0.25, 0.3) is 0 Å². The molecule has 2 unspecified atom stereocenters. The Morgan fingerprint density at radius 3 is 2.50 bits per heavy atom. The molecule has 0 bridgehead atoms. The Hall–Kier alpha value is -1.71. The van der Waals surface area contributed by atoms with E-state index in [-0.39, 0.29) is 11.8 Å². The molecule has 4 nitrogen and oxygen atoms in total. The van der Waals surface area contributed by atoms with Crippen LogP contribution in [0.1, 0.15) is 20.3 Å². The topological polar surface area (TPSA) is 52.6 Å². The minimum atomic E-state index is -0.130. The fourth-order valence-electron chi connectivity index (χ4n) is 2.60.